The molecule has 0 saturated carbocycles. The zero-order valence-corrected chi connectivity index (χ0v) is 9.53. The van der Waals surface area contributed by atoms with E-state index in [0.717, 1.165) is 24.1 Å². The molecule has 0 fully saturated rings. The summed E-state index contributed by atoms with van der Waals surface area (Å²) >= 11 is 0. The van der Waals surface area contributed by atoms with Crippen molar-refractivity contribution >= 4 is 5.69 Å². The van der Waals surface area contributed by atoms with E-state index in [0.29, 0.717) is 5.92 Å². The van der Waals surface area contributed by atoms with E-state index >= 15 is 0 Å². The summed E-state index contributed by atoms with van der Waals surface area (Å²) in [4.78, 5) is 0. The Bertz CT molecular complexity index is 299. The molecule has 0 bridgehead atoms. The van der Waals surface area contributed by atoms with Gasteiger partial charge in [-0.3, -0.25) is 11.3 Å². The summed E-state index contributed by atoms with van der Waals surface area (Å²) in [7, 11) is 0. The molecule has 5 N–H and O–H groups in total. The number of nitrogens with one attached hydrogen (secondary N) is 1. The highest BCUT2D eigenvalue weighted by molar-refractivity contribution is 5.48. The Morgan fingerprint density at radius 3 is 2.53 bits per heavy atom. The third kappa shape index (κ3) is 2.94. The van der Waals surface area contributed by atoms with Crippen LogP contribution in [-0.4, -0.2) is 0 Å². The maximum Gasteiger partial charge on any atom is 0.0505 e. The Morgan fingerprint density at radius 2 is 2.00 bits per heavy atom. The summed E-state index contributed by atoms with van der Waals surface area (Å²) in [5.74, 6) is 6.09. The van der Waals surface area contributed by atoms with E-state index < -0.39 is 0 Å². The summed E-state index contributed by atoms with van der Waals surface area (Å²) in [6.45, 7) is 4.37. The van der Waals surface area contributed by atoms with Crippen molar-refractivity contribution in [3.63, 3.8) is 0 Å². The van der Waals surface area contributed by atoms with Crippen LogP contribution >= 0.6 is 0 Å². The van der Waals surface area contributed by atoms with Crippen LogP contribution in [-0.2, 0) is 0 Å². The molecule has 1 aromatic rings. The molecule has 3 heteroatoms. The van der Waals surface area contributed by atoms with Crippen LogP contribution in [0.15, 0.2) is 24.3 Å². The van der Waals surface area contributed by atoms with Gasteiger partial charge in [0.05, 0.1) is 6.04 Å². The second-order valence-electron chi connectivity index (χ2n) is 4.04. The normalized spacial score (nSPS) is 14.9. The van der Waals surface area contributed by atoms with Gasteiger partial charge in [-0.1, -0.05) is 38.5 Å². The van der Waals surface area contributed by atoms with Gasteiger partial charge in [0.25, 0.3) is 0 Å². The highest BCUT2D eigenvalue weighted by Gasteiger charge is 2.18. The van der Waals surface area contributed by atoms with Gasteiger partial charge >= 0.3 is 0 Å². The molecule has 0 aliphatic carbocycles. The number of benzene rings is 1. The average Bonchev–Trinajstić information content (AvgIpc) is 2.22. The number of para-hydroxylation sites is 1. The Kier molecular flexibility index (Phi) is 4.59. The van der Waals surface area contributed by atoms with Crippen molar-refractivity contribution in [2.75, 3.05) is 5.73 Å². The van der Waals surface area contributed by atoms with Gasteiger partial charge in [-0.15, -0.1) is 0 Å². The molecule has 2 unspecified atom stereocenters. The first-order chi connectivity index (χ1) is 7.20. The van der Waals surface area contributed by atoms with Gasteiger partial charge in [0, 0.05) is 5.69 Å². The fraction of sp³-hybridized carbons (Fsp3) is 0.500. The quantitative estimate of drug-likeness (QED) is 0.394. The van der Waals surface area contributed by atoms with E-state index in [1.54, 1.807) is 0 Å². The smallest absolute Gasteiger partial charge is 0.0505 e. The Morgan fingerprint density at radius 1 is 1.33 bits per heavy atom. The van der Waals surface area contributed by atoms with E-state index in [1.165, 1.54) is 0 Å². The van der Waals surface area contributed by atoms with Gasteiger partial charge < -0.3 is 5.73 Å². The summed E-state index contributed by atoms with van der Waals surface area (Å²) in [6, 6.07) is 8.03. The van der Waals surface area contributed by atoms with E-state index in [-0.39, 0.29) is 6.04 Å². The van der Waals surface area contributed by atoms with Crippen molar-refractivity contribution < 1.29 is 0 Å². The number of hydrazine groups is 1. The second-order valence-corrected chi connectivity index (χ2v) is 4.04. The minimum absolute atomic E-state index is 0.145. The number of anilines is 1. The fourth-order valence-electron chi connectivity index (χ4n) is 1.98. The molecule has 1 rings (SSSR count). The van der Waals surface area contributed by atoms with Gasteiger partial charge in [0.15, 0.2) is 0 Å². The van der Waals surface area contributed by atoms with E-state index in [9.17, 15) is 0 Å². The lowest BCUT2D eigenvalue weighted by Gasteiger charge is -2.24. The van der Waals surface area contributed by atoms with Crippen molar-refractivity contribution in [1.82, 2.24) is 5.43 Å². The van der Waals surface area contributed by atoms with Crippen molar-refractivity contribution in [1.29, 1.82) is 0 Å². The van der Waals surface area contributed by atoms with Crippen LogP contribution in [0.2, 0.25) is 0 Å². The van der Waals surface area contributed by atoms with Crippen LogP contribution in [0.5, 0.6) is 0 Å². The second kappa shape index (κ2) is 5.73. The molecule has 1 aromatic carbocycles. The lowest BCUT2D eigenvalue weighted by molar-refractivity contribution is 0.369. The highest BCUT2D eigenvalue weighted by Crippen LogP contribution is 2.28. The largest absolute Gasteiger partial charge is 0.398 e. The van der Waals surface area contributed by atoms with Gasteiger partial charge in [0.1, 0.15) is 0 Å². The van der Waals surface area contributed by atoms with Crippen molar-refractivity contribution in [3.8, 4) is 0 Å². The van der Waals surface area contributed by atoms with E-state index in [4.69, 9.17) is 11.6 Å². The molecule has 0 radical (unpaired) electrons. The Labute approximate surface area is 91.8 Å². The molecule has 0 amide bonds. The summed E-state index contributed by atoms with van der Waals surface area (Å²) in [6.07, 6.45) is 2.30. The fourth-order valence-corrected chi connectivity index (χ4v) is 1.98. The first kappa shape index (κ1) is 12.0. The number of nitrogens with two attached hydrogens (primary N) is 2. The summed E-state index contributed by atoms with van der Waals surface area (Å²) < 4.78 is 0. The molecule has 0 aliphatic rings. The maximum absolute atomic E-state index is 5.94. The zero-order chi connectivity index (χ0) is 11.3. The lowest BCUT2D eigenvalue weighted by atomic mass is 9.90. The molecule has 15 heavy (non-hydrogen) atoms. The van der Waals surface area contributed by atoms with Crippen LogP contribution in [0.3, 0.4) is 0 Å². The van der Waals surface area contributed by atoms with Crippen LogP contribution in [0.4, 0.5) is 5.69 Å². The standard InChI is InChI=1S/C12H21N3/c1-3-6-9(2)12(15-14)10-7-4-5-8-11(10)13/h4-5,7-9,12,15H,3,6,13-14H2,1-2H3. The SMILES string of the molecule is CCCC(C)C(NN)c1ccccc1N. The summed E-state index contributed by atoms with van der Waals surface area (Å²) in [5.41, 5.74) is 10.7. The Balaban J connectivity index is 2.87. The van der Waals surface area contributed by atoms with E-state index in [2.05, 4.69) is 19.3 Å². The molecule has 0 aromatic heterocycles. The minimum Gasteiger partial charge on any atom is -0.398 e. The zero-order valence-electron chi connectivity index (χ0n) is 9.53. The Hall–Kier alpha value is -1.06. The van der Waals surface area contributed by atoms with Crippen LogP contribution in [0.25, 0.3) is 0 Å². The first-order valence-corrected chi connectivity index (χ1v) is 5.51. The molecule has 0 heterocycles. The number of hydrogen-bond acceptors (Lipinski definition) is 3. The van der Waals surface area contributed by atoms with Crippen LogP contribution in [0, 0.1) is 5.92 Å². The van der Waals surface area contributed by atoms with Gasteiger partial charge in [-0.25, -0.2) is 0 Å². The topological polar surface area (TPSA) is 64.1 Å². The van der Waals surface area contributed by atoms with Gasteiger partial charge in [-0.2, -0.15) is 0 Å². The number of hydrogen-bond donors (Lipinski definition) is 3. The molecular weight excluding hydrogens is 186 g/mol. The predicted octanol–water partition coefficient (Wildman–Crippen LogP) is 2.21. The molecule has 0 aliphatic heterocycles. The van der Waals surface area contributed by atoms with Crippen molar-refractivity contribution in [2.45, 2.75) is 32.7 Å². The molecule has 0 spiro atoms. The third-order valence-electron chi connectivity index (χ3n) is 2.82. The van der Waals surface area contributed by atoms with E-state index in [1.807, 2.05) is 24.3 Å². The van der Waals surface area contributed by atoms with Crippen molar-refractivity contribution in [2.24, 2.45) is 11.8 Å². The predicted molar refractivity (Wildman–Crippen MR) is 65.0 cm³/mol. The number of rotatable bonds is 5. The van der Waals surface area contributed by atoms with Crippen LogP contribution < -0.4 is 17.0 Å². The van der Waals surface area contributed by atoms with Crippen molar-refractivity contribution in [3.05, 3.63) is 29.8 Å². The molecule has 0 saturated heterocycles. The first-order valence-electron chi connectivity index (χ1n) is 5.51. The third-order valence-corrected chi connectivity index (χ3v) is 2.82. The molecular formula is C12H21N3. The minimum atomic E-state index is 0.145. The summed E-state index contributed by atoms with van der Waals surface area (Å²) in [5, 5.41) is 0. The molecule has 2 atom stereocenters. The average molecular weight is 207 g/mol. The monoisotopic (exact) mass is 207 g/mol. The lowest BCUT2D eigenvalue weighted by Crippen LogP contribution is -2.33. The highest BCUT2D eigenvalue weighted by atomic mass is 15.2. The van der Waals surface area contributed by atoms with Crippen LogP contribution in [0.1, 0.15) is 38.3 Å². The molecule has 84 valence electrons. The molecule has 3 nitrogen and oxygen atoms in total. The van der Waals surface area contributed by atoms with Gasteiger partial charge in [0.2, 0.25) is 0 Å². The van der Waals surface area contributed by atoms with Gasteiger partial charge in [-0.05, 0) is 24.0 Å². The number of nitrogen functional groups attached to an aromatic ring is 1. The maximum atomic E-state index is 5.94.